The summed E-state index contributed by atoms with van der Waals surface area (Å²) in [5.41, 5.74) is 3.59. The minimum Gasteiger partial charge on any atom is -0.497 e. The summed E-state index contributed by atoms with van der Waals surface area (Å²) in [4.78, 5) is 28.5. The number of carbonyl (C=O) groups is 1. The predicted octanol–water partition coefficient (Wildman–Crippen LogP) is 2.89. The van der Waals surface area contributed by atoms with Crippen molar-refractivity contribution >= 4 is 23.3 Å². The molecule has 3 aromatic rings. The Bertz CT molecular complexity index is 1130. The maximum Gasteiger partial charge on any atom is 0.337 e. The lowest BCUT2D eigenvalue weighted by molar-refractivity contribution is 0.0696. The summed E-state index contributed by atoms with van der Waals surface area (Å²) < 4.78 is 6.57. The molecule has 4 rings (SSSR count). The van der Waals surface area contributed by atoms with E-state index in [0.717, 1.165) is 23.3 Å². The summed E-state index contributed by atoms with van der Waals surface area (Å²) in [5.74, 6) is -0.303. The van der Waals surface area contributed by atoms with Crippen LogP contribution < -0.4 is 10.3 Å². The quantitative estimate of drug-likeness (QED) is 0.787. The molecule has 6 heteroatoms. The SMILES string of the molecule is COc1cccc(C=C2CCc3c2nc2ccc(C(=O)O)cn2c3=O)c1. The highest BCUT2D eigenvalue weighted by molar-refractivity contribution is 5.88. The van der Waals surface area contributed by atoms with E-state index in [1.807, 2.05) is 30.3 Å². The highest BCUT2D eigenvalue weighted by atomic mass is 16.5. The fourth-order valence-corrected chi connectivity index (χ4v) is 3.24. The van der Waals surface area contributed by atoms with Gasteiger partial charge in [-0.1, -0.05) is 12.1 Å². The monoisotopic (exact) mass is 348 g/mol. The Morgan fingerprint density at radius 1 is 1.27 bits per heavy atom. The van der Waals surface area contributed by atoms with Crippen LogP contribution in [0.3, 0.4) is 0 Å². The number of allylic oxidation sites excluding steroid dienone is 1. The zero-order valence-corrected chi connectivity index (χ0v) is 14.1. The predicted molar refractivity (Wildman–Crippen MR) is 97.6 cm³/mol. The average molecular weight is 348 g/mol. The number of hydrogen-bond donors (Lipinski definition) is 1. The molecule has 0 atom stereocenters. The van der Waals surface area contributed by atoms with Crippen LogP contribution in [0.15, 0.2) is 47.4 Å². The van der Waals surface area contributed by atoms with E-state index in [-0.39, 0.29) is 11.1 Å². The molecule has 0 saturated carbocycles. The first-order valence-corrected chi connectivity index (χ1v) is 8.20. The van der Waals surface area contributed by atoms with Gasteiger partial charge >= 0.3 is 5.97 Å². The van der Waals surface area contributed by atoms with E-state index in [1.165, 1.54) is 16.7 Å². The maximum atomic E-state index is 12.8. The second kappa shape index (κ2) is 6.15. The van der Waals surface area contributed by atoms with Crippen LogP contribution in [0.2, 0.25) is 0 Å². The van der Waals surface area contributed by atoms with Crippen LogP contribution in [0, 0.1) is 0 Å². The highest BCUT2D eigenvalue weighted by Crippen LogP contribution is 2.31. The Balaban J connectivity index is 1.85. The van der Waals surface area contributed by atoms with Crippen molar-refractivity contribution in [1.29, 1.82) is 0 Å². The number of pyridine rings is 1. The van der Waals surface area contributed by atoms with Crippen molar-refractivity contribution in [3.63, 3.8) is 0 Å². The normalized spacial score (nSPS) is 14.6. The van der Waals surface area contributed by atoms with E-state index in [4.69, 9.17) is 9.84 Å². The molecule has 0 bridgehead atoms. The average Bonchev–Trinajstić information content (AvgIpc) is 3.04. The van der Waals surface area contributed by atoms with Crippen molar-refractivity contribution in [2.45, 2.75) is 12.8 Å². The standard InChI is InChI=1S/C20H16N2O4/c1-26-15-4-2-3-12(10-15)9-13-5-7-16-18(13)21-17-8-6-14(20(24)25)11-22(17)19(16)23/h2-4,6,8-11H,5,7H2,1H3,(H,24,25). The molecule has 2 heterocycles. The van der Waals surface area contributed by atoms with Crippen molar-refractivity contribution < 1.29 is 14.6 Å². The van der Waals surface area contributed by atoms with Crippen LogP contribution in [-0.4, -0.2) is 27.6 Å². The molecule has 6 nitrogen and oxygen atoms in total. The molecule has 1 N–H and O–H groups in total. The zero-order valence-electron chi connectivity index (χ0n) is 14.1. The molecule has 0 aliphatic heterocycles. The molecule has 0 saturated heterocycles. The first-order chi connectivity index (χ1) is 12.6. The fourth-order valence-electron chi connectivity index (χ4n) is 3.24. The van der Waals surface area contributed by atoms with Gasteiger partial charge < -0.3 is 9.84 Å². The number of hydrogen-bond acceptors (Lipinski definition) is 4. The molecule has 1 aliphatic carbocycles. The van der Waals surface area contributed by atoms with Gasteiger partial charge in [-0.05, 0) is 54.3 Å². The molecule has 130 valence electrons. The van der Waals surface area contributed by atoms with Gasteiger partial charge in [0.15, 0.2) is 0 Å². The Labute approximate surface area is 149 Å². The second-order valence-corrected chi connectivity index (χ2v) is 6.14. The number of fused-ring (bicyclic) bond motifs is 2. The summed E-state index contributed by atoms with van der Waals surface area (Å²) in [6, 6.07) is 10.7. The molecule has 1 aliphatic rings. The number of carboxylic acids is 1. The van der Waals surface area contributed by atoms with E-state index in [1.54, 1.807) is 13.2 Å². The number of nitrogens with zero attached hydrogens (tertiary/aromatic N) is 2. The maximum absolute atomic E-state index is 12.8. The van der Waals surface area contributed by atoms with Gasteiger partial charge in [0, 0.05) is 11.8 Å². The molecule has 26 heavy (non-hydrogen) atoms. The molecular formula is C20H16N2O4. The van der Waals surface area contributed by atoms with Gasteiger partial charge in [-0.25, -0.2) is 9.78 Å². The van der Waals surface area contributed by atoms with Gasteiger partial charge in [-0.3, -0.25) is 9.20 Å². The number of aromatic carboxylic acids is 1. The number of methoxy groups -OCH3 is 1. The number of rotatable bonds is 3. The lowest BCUT2D eigenvalue weighted by Gasteiger charge is -2.06. The third-order valence-corrected chi connectivity index (χ3v) is 4.55. The van der Waals surface area contributed by atoms with Gasteiger partial charge in [0.1, 0.15) is 11.4 Å². The third-order valence-electron chi connectivity index (χ3n) is 4.55. The Morgan fingerprint density at radius 2 is 2.12 bits per heavy atom. The van der Waals surface area contributed by atoms with E-state index in [0.29, 0.717) is 23.3 Å². The summed E-state index contributed by atoms with van der Waals surface area (Å²) in [6.45, 7) is 0. The lowest BCUT2D eigenvalue weighted by atomic mass is 10.1. The van der Waals surface area contributed by atoms with Gasteiger partial charge in [0.05, 0.1) is 18.4 Å². The Kier molecular flexibility index (Phi) is 3.80. The van der Waals surface area contributed by atoms with E-state index < -0.39 is 5.97 Å². The van der Waals surface area contributed by atoms with Gasteiger partial charge in [-0.2, -0.15) is 0 Å². The summed E-state index contributed by atoms with van der Waals surface area (Å²) in [7, 11) is 1.62. The largest absolute Gasteiger partial charge is 0.497 e. The molecule has 0 spiro atoms. The summed E-state index contributed by atoms with van der Waals surface area (Å²) in [6.07, 6.45) is 4.66. The van der Waals surface area contributed by atoms with Gasteiger partial charge in [0.2, 0.25) is 0 Å². The highest BCUT2D eigenvalue weighted by Gasteiger charge is 2.23. The van der Waals surface area contributed by atoms with Crippen LogP contribution in [-0.2, 0) is 6.42 Å². The molecule has 0 unspecified atom stereocenters. The van der Waals surface area contributed by atoms with Crippen LogP contribution in [0.5, 0.6) is 5.75 Å². The van der Waals surface area contributed by atoms with E-state index in [2.05, 4.69) is 4.98 Å². The Hall–Kier alpha value is -3.41. The Morgan fingerprint density at radius 3 is 2.88 bits per heavy atom. The first kappa shape index (κ1) is 16.1. The van der Waals surface area contributed by atoms with Crippen molar-refractivity contribution in [1.82, 2.24) is 9.38 Å². The third kappa shape index (κ3) is 2.65. The van der Waals surface area contributed by atoms with Crippen molar-refractivity contribution in [3.8, 4) is 5.75 Å². The van der Waals surface area contributed by atoms with Gasteiger partial charge in [-0.15, -0.1) is 0 Å². The molecule has 0 radical (unpaired) electrons. The number of carboxylic acid groups (broad SMARTS) is 1. The molecule has 1 aromatic carbocycles. The van der Waals surface area contributed by atoms with E-state index in [9.17, 15) is 9.59 Å². The smallest absolute Gasteiger partial charge is 0.337 e. The van der Waals surface area contributed by atoms with Gasteiger partial charge in [0.25, 0.3) is 5.56 Å². The van der Waals surface area contributed by atoms with Crippen molar-refractivity contribution in [2.24, 2.45) is 0 Å². The van der Waals surface area contributed by atoms with E-state index >= 15 is 0 Å². The lowest BCUT2D eigenvalue weighted by Crippen LogP contribution is -2.20. The van der Waals surface area contributed by atoms with Crippen LogP contribution in [0.25, 0.3) is 17.3 Å². The van der Waals surface area contributed by atoms with Crippen LogP contribution >= 0.6 is 0 Å². The minimum atomic E-state index is -1.07. The van der Waals surface area contributed by atoms with Crippen molar-refractivity contribution in [2.75, 3.05) is 7.11 Å². The topological polar surface area (TPSA) is 80.9 Å². The second-order valence-electron chi connectivity index (χ2n) is 6.14. The first-order valence-electron chi connectivity index (χ1n) is 8.20. The number of benzene rings is 1. The summed E-state index contributed by atoms with van der Waals surface area (Å²) >= 11 is 0. The number of aromatic nitrogens is 2. The fraction of sp³-hybridized carbons (Fsp3) is 0.150. The molecule has 2 aromatic heterocycles. The minimum absolute atomic E-state index is 0.0616. The van der Waals surface area contributed by atoms with Crippen LogP contribution in [0.4, 0.5) is 0 Å². The zero-order chi connectivity index (χ0) is 18.3. The van der Waals surface area contributed by atoms with Crippen LogP contribution in [0.1, 0.15) is 33.6 Å². The molecular weight excluding hydrogens is 332 g/mol. The summed E-state index contributed by atoms with van der Waals surface area (Å²) in [5, 5.41) is 9.12. The number of ether oxygens (including phenoxy) is 1. The van der Waals surface area contributed by atoms with Crippen molar-refractivity contribution in [3.05, 3.63) is 75.3 Å². The molecule has 0 amide bonds. The molecule has 0 fully saturated rings.